The van der Waals surface area contributed by atoms with Crippen LogP contribution in [-0.4, -0.2) is 18.0 Å². The number of hydrazine groups is 1. The maximum atomic E-state index is 13.4. The number of para-hydroxylation sites is 1. The Hall–Kier alpha value is -2.33. The Balaban J connectivity index is 1.69. The first-order valence-corrected chi connectivity index (χ1v) is 9.44. The fourth-order valence-corrected chi connectivity index (χ4v) is 4.05. The van der Waals surface area contributed by atoms with Gasteiger partial charge in [-0.05, 0) is 34.9 Å². The predicted octanol–water partition coefficient (Wildman–Crippen LogP) is 5.52. The molecule has 0 saturated heterocycles. The molecular weight excluding hydrogens is 379 g/mol. The standard InChI is InChI=1S/C22H18Cl2N2O/c1-25(14-16-11-12-17(23)13-19(16)24)26-20-10-6-5-9-18(20)21(22(26)27)15-7-3-2-4-8-15/h2-13,21H,14H2,1H3/t21-/m1/s1. The molecule has 27 heavy (non-hydrogen) atoms. The van der Waals surface area contributed by atoms with Crippen LogP contribution in [0.3, 0.4) is 0 Å². The summed E-state index contributed by atoms with van der Waals surface area (Å²) in [5.74, 6) is -0.263. The number of halogens is 2. The lowest BCUT2D eigenvalue weighted by molar-refractivity contribution is -0.121. The molecule has 0 unspecified atom stereocenters. The quantitative estimate of drug-likeness (QED) is 0.579. The number of carbonyl (C=O) groups is 1. The second-order valence-electron chi connectivity index (χ2n) is 6.60. The van der Waals surface area contributed by atoms with E-state index in [1.54, 1.807) is 11.1 Å². The summed E-state index contributed by atoms with van der Waals surface area (Å²) in [5.41, 5.74) is 3.83. The molecular formula is C22H18Cl2N2O. The van der Waals surface area contributed by atoms with Gasteiger partial charge in [-0.2, -0.15) is 0 Å². The number of nitrogens with zero attached hydrogens (tertiary/aromatic N) is 2. The maximum absolute atomic E-state index is 13.4. The zero-order valence-corrected chi connectivity index (χ0v) is 16.3. The Kier molecular flexibility index (Phi) is 4.92. The molecule has 5 heteroatoms. The average Bonchev–Trinajstić information content (AvgIpc) is 2.96. The minimum atomic E-state index is -0.300. The number of benzene rings is 3. The molecule has 136 valence electrons. The summed E-state index contributed by atoms with van der Waals surface area (Å²) >= 11 is 12.3. The van der Waals surface area contributed by atoms with E-state index in [1.807, 2.05) is 78.8 Å². The monoisotopic (exact) mass is 396 g/mol. The second-order valence-corrected chi connectivity index (χ2v) is 7.45. The van der Waals surface area contributed by atoms with Crippen LogP contribution in [0.4, 0.5) is 5.69 Å². The van der Waals surface area contributed by atoms with Crippen LogP contribution in [0.5, 0.6) is 0 Å². The summed E-state index contributed by atoms with van der Waals surface area (Å²) in [6, 6.07) is 23.2. The van der Waals surface area contributed by atoms with Crippen LogP contribution in [0.2, 0.25) is 10.0 Å². The van der Waals surface area contributed by atoms with Crippen molar-refractivity contribution in [2.24, 2.45) is 0 Å². The Morgan fingerprint density at radius 3 is 2.41 bits per heavy atom. The molecule has 1 amide bonds. The van der Waals surface area contributed by atoms with Crippen LogP contribution in [0.25, 0.3) is 0 Å². The second kappa shape index (κ2) is 7.35. The molecule has 1 atom stereocenters. The molecule has 1 heterocycles. The number of amides is 1. The molecule has 0 fully saturated rings. The van der Waals surface area contributed by atoms with Gasteiger partial charge < -0.3 is 0 Å². The highest BCUT2D eigenvalue weighted by atomic mass is 35.5. The normalized spacial score (nSPS) is 16.1. The van der Waals surface area contributed by atoms with Crippen LogP contribution in [0, 0.1) is 0 Å². The lowest BCUT2D eigenvalue weighted by Crippen LogP contribution is -2.42. The van der Waals surface area contributed by atoms with Crippen molar-refractivity contribution in [1.29, 1.82) is 0 Å². The average molecular weight is 397 g/mol. The van der Waals surface area contributed by atoms with Crippen LogP contribution in [0.15, 0.2) is 72.8 Å². The van der Waals surface area contributed by atoms with Crippen LogP contribution < -0.4 is 5.01 Å². The third-order valence-electron chi connectivity index (χ3n) is 4.82. The number of carbonyl (C=O) groups excluding carboxylic acids is 1. The highest BCUT2D eigenvalue weighted by Crippen LogP contribution is 2.41. The molecule has 0 bridgehead atoms. The zero-order valence-electron chi connectivity index (χ0n) is 14.8. The predicted molar refractivity (Wildman–Crippen MR) is 110 cm³/mol. The molecule has 4 rings (SSSR count). The van der Waals surface area contributed by atoms with E-state index < -0.39 is 0 Å². The smallest absolute Gasteiger partial charge is 0.253 e. The maximum Gasteiger partial charge on any atom is 0.253 e. The van der Waals surface area contributed by atoms with E-state index in [0.717, 1.165) is 22.4 Å². The summed E-state index contributed by atoms with van der Waals surface area (Å²) in [6.45, 7) is 0.498. The first kappa shape index (κ1) is 18.1. The SMILES string of the molecule is CN(Cc1ccc(Cl)cc1Cl)N1C(=O)[C@H](c2ccccc2)c2ccccc21. The van der Waals surface area contributed by atoms with Crippen molar-refractivity contribution >= 4 is 34.8 Å². The molecule has 3 aromatic carbocycles. The molecule has 0 aromatic heterocycles. The topological polar surface area (TPSA) is 23.6 Å². The van der Waals surface area contributed by atoms with Gasteiger partial charge in [0.2, 0.25) is 0 Å². The van der Waals surface area contributed by atoms with Crippen molar-refractivity contribution in [3.8, 4) is 0 Å². The van der Waals surface area contributed by atoms with Crippen molar-refractivity contribution in [2.45, 2.75) is 12.5 Å². The van der Waals surface area contributed by atoms with Crippen molar-refractivity contribution in [3.63, 3.8) is 0 Å². The summed E-state index contributed by atoms with van der Waals surface area (Å²) in [6.07, 6.45) is 0. The highest BCUT2D eigenvalue weighted by Gasteiger charge is 2.40. The molecule has 0 spiro atoms. The van der Waals surface area contributed by atoms with Gasteiger partial charge in [0.05, 0.1) is 11.6 Å². The molecule has 1 aliphatic rings. The minimum absolute atomic E-state index is 0.0370. The van der Waals surface area contributed by atoms with Gasteiger partial charge in [-0.15, -0.1) is 0 Å². The van der Waals surface area contributed by atoms with E-state index in [-0.39, 0.29) is 11.8 Å². The number of anilines is 1. The van der Waals surface area contributed by atoms with Crippen LogP contribution in [-0.2, 0) is 11.3 Å². The van der Waals surface area contributed by atoms with Gasteiger partial charge in [0.25, 0.3) is 5.91 Å². The fourth-order valence-electron chi connectivity index (χ4n) is 3.59. The van der Waals surface area contributed by atoms with E-state index in [2.05, 4.69) is 0 Å². The molecule has 0 N–H and O–H groups in total. The van der Waals surface area contributed by atoms with E-state index >= 15 is 0 Å². The summed E-state index contributed by atoms with van der Waals surface area (Å²) in [7, 11) is 1.90. The molecule has 3 nitrogen and oxygen atoms in total. The van der Waals surface area contributed by atoms with E-state index in [0.29, 0.717) is 16.6 Å². The first-order valence-electron chi connectivity index (χ1n) is 8.69. The molecule has 1 aliphatic heterocycles. The molecule has 3 aromatic rings. The Bertz CT molecular complexity index is 991. The van der Waals surface area contributed by atoms with Crippen molar-refractivity contribution in [3.05, 3.63) is 99.5 Å². The van der Waals surface area contributed by atoms with Gasteiger partial charge in [-0.25, -0.2) is 10.0 Å². The molecule has 0 aliphatic carbocycles. The summed E-state index contributed by atoms with van der Waals surface area (Å²) < 4.78 is 0. The van der Waals surface area contributed by atoms with Gasteiger partial charge in [0, 0.05) is 23.6 Å². The Morgan fingerprint density at radius 2 is 1.67 bits per heavy atom. The van der Waals surface area contributed by atoms with Gasteiger partial charge in [0.1, 0.15) is 0 Å². The van der Waals surface area contributed by atoms with Crippen molar-refractivity contribution in [2.75, 3.05) is 12.1 Å². The van der Waals surface area contributed by atoms with Gasteiger partial charge in [-0.3, -0.25) is 4.79 Å². The summed E-state index contributed by atoms with van der Waals surface area (Å²) in [4.78, 5) is 13.4. The third-order valence-corrected chi connectivity index (χ3v) is 5.41. The summed E-state index contributed by atoms with van der Waals surface area (Å²) in [5, 5.41) is 4.84. The first-order chi connectivity index (χ1) is 13.1. The van der Waals surface area contributed by atoms with Crippen molar-refractivity contribution in [1.82, 2.24) is 5.01 Å². The zero-order chi connectivity index (χ0) is 19.0. The largest absolute Gasteiger partial charge is 0.272 e. The molecule has 0 radical (unpaired) electrons. The Labute approximate surface area is 168 Å². The van der Waals surface area contributed by atoms with Gasteiger partial charge in [0.15, 0.2) is 0 Å². The number of hydrogen-bond donors (Lipinski definition) is 0. The number of hydrogen-bond acceptors (Lipinski definition) is 2. The Morgan fingerprint density at radius 1 is 0.963 bits per heavy atom. The van der Waals surface area contributed by atoms with E-state index in [4.69, 9.17) is 23.2 Å². The minimum Gasteiger partial charge on any atom is -0.272 e. The highest BCUT2D eigenvalue weighted by molar-refractivity contribution is 6.35. The fraction of sp³-hybridized carbons (Fsp3) is 0.136. The molecule has 0 saturated carbocycles. The van der Waals surface area contributed by atoms with Gasteiger partial charge >= 0.3 is 0 Å². The van der Waals surface area contributed by atoms with E-state index in [1.165, 1.54) is 0 Å². The van der Waals surface area contributed by atoms with Crippen LogP contribution >= 0.6 is 23.2 Å². The van der Waals surface area contributed by atoms with Crippen molar-refractivity contribution < 1.29 is 4.79 Å². The lowest BCUT2D eigenvalue weighted by Gasteiger charge is -2.29. The third kappa shape index (κ3) is 3.34. The van der Waals surface area contributed by atoms with Crippen LogP contribution in [0.1, 0.15) is 22.6 Å². The van der Waals surface area contributed by atoms with Gasteiger partial charge in [-0.1, -0.05) is 77.8 Å². The number of rotatable bonds is 4. The number of fused-ring (bicyclic) bond motifs is 1. The van der Waals surface area contributed by atoms with E-state index in [9.17, 15) is 4.79 Å². The lowest BCUT2D eigenvalue weighted by atomic mass is 9.93.